The van der Waals surface area contributed by atoms with Gasteiger partial charge < -0.3 is 0 Å². The van der Waals surface area contributed by atoms with Gasteiger partial charge in [0.1, 0.15) is 0 Å². The van der Waals surface area contributed by atoms with E-state index in [-0.39, 0.29) is 11.4 Å². The van der Waals surface area contributed by atoms with E-state index in [4.69, 9.17) is 0 Å². The lowest BCUT2D eigenvalue weighted by Gasteiger charge is -2.38. The number of carbonyl (C=O) groups excluding carboxylic acids is 1. The predicted molar refractivity (Wildman–Crippen MR) is 48.1 cm³/mol. The molecular formula is C10H15NO2. The topological polar surface area (TPSA) is 40.5 Å². The van der Waals surface area contributed by atoms with E-state index in [0.29, 0.717) is 0 Å². The molecule has 1 amide bonds. The van der Waals surface area contributed by atoms with Crippen molar-refractivity contribution in [3.63, 3.8) is 0 Å². The standard InChI is InChI=1S/C10H15NO2/c1-8-2-5-10(6-3-8)7-4-9(12)11(10)13/h4,7-8,13H,2-3,5-6H2,1H3. The van der Waals surface area contributed by atoms with E-state index in [2.05, 4.69) is 6.92 Å². The molecule has 2 rings (SSSR count). The molecule has 13 heavy (non-hydrogen) atoms. The predicted octanol–water partition coefficient (Wildman–Crippen LogP) is 1.72. The molecule has 1 spiro atoms. The molecule has 1 aliphatic carbocycles. The van der Waals surface area contributed by atoms with Gasteiger partial charge in [0.15, 0.2) is 0 Å². The van der Waals surface area contributed by atoms with E-state index < -0.39 is 0 Å². The van der Waals surface area contributed by atoms with Crippen LogP contribution in [0.2, 0.25) is 0 Å². The van der Waals surface area contributed by atoms with E-state index in [1.807, 2.05) is 6.08 Å². The molecule has 0 saturated heterocycles. The summed E-state index contributed by atoms with van der Waals surface area (Å²) in [6.45, 7) is 2.22. The van der Waals surface area contributed by atoms with Crippen LogP contribution in [0.3, 0.4) is 0 Å². The van der Waals surface area contributed by atoms with Crippen LogP contribution in [0.4, 0.5) is 0 Å². The quantitative estimate of drug-likeness (QED) is 0.578. The Morgan fingerprint density at radius 1 is 1.54 bits per heavy atom. The van der Waals surface area contributed by atoms with Crippen LogP contribution >= 0.6 is 0 Å². The van der Waals surface area contributed by atoms with Gasteiger partial charge in [0.25, 0.3) is 5.91 Å². The van der Waals surface area contributed by atoms with Crippen LogP contribution < -0.4 is 0 Å². The molecule has 1 saturated carbocycles. The first-order valence-corrected chi connectivity index (χ1v) is 4.86. The summed E-state index contributed by atoms with van der Waals surface area (Å²) in [5, 5.41) is 10.5. The maximum Gasteiger partial charge on any atom is 0.270 e. The summed E-state index contributed by atoms with van der Waals surface area (Å²) < 4.78 is 0. The highest BCUT2D eigenvalue weighted by Gasteiger charge is 2.42. The van der Waals surface area contributed by atoms with Crippen molar-refractivity contribution in [2.45, 2.75) is 38.1 Å². The zero-order valence-corrected chi connectivity index (χ0v) is 7.86. The van der Waals surface area contributed by atoms with Gasteiger partial charge in [0.05, 0.1) is 5.54 Å². The number of hydrogen-bond donors (Lipinski definition) is 1. The summed E-state index contributed by atoms with van der Waals surface area (Å²) in [6, 6.07) is 0. The van der Waals surface area contributed by atoms with Crippen molar-refractivity contribution in [1.82, 2.24) is 5.06 Å². The summed E-state index contributed by atoms with van der Waals surface area (Å²) in [4.78, 5) is 11.1. The fraction of sp³-hybridized carbons (Fsp3) is 0.700. The molecule has 0 aromatic rings. The Kier molecular flexibility index (Phi) is 1.91. The van der Waals surface area contributed by atoms with Gasteiger partial charge in [-0.15, -0.1) is 0 Å². The molecule has 1 heterocycles. The third-order valence-electron chi connectivity index (χ3n) is 3.31. The van der Waals surface area contributed by atoms with Crippen LogP contribution in [-0.4, -0.2) is 21.7 Å². The molecule has 1 aliphatic heterocycles. The minimum absolute atomic E-state index is 0.269. The average Bonchev–Trinajstić information content (AvgIpc) is 2.40. The largest absolute Gasteiger partial charge is 0.285 e. The van der Waals surface area contributed by atoms with Crippen LogP contribution in [-0.2, 0) is 4.79 Å². The smallest absolute Gasteiger partial charge is 0.270 e. The van der Waals surface area contributed by atoms with Crippen LogP contribution in [0, 0.1) is 5.92 Å². The molecule has 3 heteroatoms. The molecule has 2 aliphatic rings. The first-order valence-electron chi connectivity index (χ1n) is 4.86. The SMILES string of the molecule is CC1CCC2(C=CC(=O)N2O)CC1. The molecule has 0 aromatic heterocycles. The van der Waals surface area contributed by atoms with Crippen molar-refractivity contribution >= 4 is 5.91 Å². The van der Waals surface area contributed by atoms with Crippen LogP contribution in [0.5, 0.6) is 0 Å². The number of nitrogens with zero attached hydrogens (tertiary/aromatic N) is 1. The van der Waals surface area contributed by atoms with Gasteiger partial charge in [-0.2, -0.15) is 0 Å². The molecule has 0 atom stereocenters. The van der Waals surface area contributed by atoms with Crippen molar-refractivity contribution in [3.8, 4) is 0 Å². The third kappa shape index (κ3) is 1.27. The van der Waals surface area contributed by atoms with Gasteiger partial charge in [-0.3, -0.25) is 10.0 Å². The van der Waals surface area contributed by atoms with E-state index in [9.17, 15) is 10.0 Å². The minimum Gasteiger partial charge on any atom is -0.285 e. The Morgan fingerprint density at radius 2 is 2.15 bits per heavy atom. The number of carbonyl (C=O) groups is 1. The van der Waals surface area contributed by atoms with Gasteiger partial charge in [-0.25, -0.2) is 5.06 Å². The van der Waals surface area contributed by atoms with Crippen molar-refractivity contribution in [2.75, 3.05) is 0 Å². The third-order valence-corrected chi connectivity index (χ3v) is 3.31. The lowest BCUT2D eigenvalue weighted by atomic mass is 9.78. The molecule has 3 nitrogen and oxygen atoms in total. The Balaban J connectivity index is 2.14. The molecule has 1 N–H and O–H groups in total. The molecule has 0 unspecified atom stereocenters. The van der Waals surface area contributed by atoms with E-state index in [1.54, 1.807) is 0 Å². The molecule has 0 aromatic carbocycles. The van der Waals surface area contributed by atoms with Gasteiger partial charge in [-0.05, 0) is 31.6 Å². The van der Waals surface area contributed by atoms with Crippen molar-refractivity contribution in [3.05, 3.63) is 12.2 Å². The summed E-state index contributed by atoms with van der Waals surface area (Å²) in [6.07, 6.45) is 7.32. The fourth-order valence-corrected chi connectivity index (χ4v) is 2.23. The van der Waals surface area contributed by atoms with E-state index >= 15 is 0 Å². The fourth-order valence-electron chi connectivity index (χ4n) is 2.23. The van der Waals surface area contributed by atoms with Gasteiger partial charge in [-0.1, -0.05) is 13.0 Å². The highest BCUT2D eigenvalue weighted by atomic mass is 16.5. The Labute approximate surface area is 78.0 Å². The average molecular weight is 181 g/mol. The molecular weight excluding hydrogens is 166 g/mol. The van der Waals surface area contributed by atoms with Gasteiger partial charge >= 0.3 is 0 Å². The Hall–Kier alpha value is -0.830. The summed E-state index contributed by atoms with van der Waals surface area (Å²) in [5.74, 6) is 0.456. The van der Waals surface area contributed by atoms with Crippen LogP contribution in [0.15, 0.2) is 12.2 Å². The summed E-state index contributed by atoms with van der Waals surface area (Å²) in [7, 11) is 0. The van der Waals surface area contributed by atoms with Gasteiger partial charge in [0.2, 0.25) is 0 Å². The number of rotatable bonds is 0. The first kappa shape index (κ1) is 8.75. The number of hydroxylamine groups is 2. The first-order chi connectivity index (χ1) is 6.14. The Bertz CT molecular complexity index is 252. The maximum absolute atomic E-state index is 11.1. The zero-order valence-electron chi connectivity index (χ0n) is 7.86. The highest BCUT2D eigenvalue weighted by Crippen LogP contribution is 2.39. The highest BCUT2D eigenvalue weighted by molar-refractivity contribution is 5.90. The minimum atomic E-state index is -0.358. The van der Waals surface area contributed by atoms with Crippen molar-refractivity contribution in [2.24, 2.45) is 5.92 Å². The Morgan fingerprint density at radius 3 is 2.62 bits per heavy atom. The molecule has 0 radical (unpaired) electrons. The molecule has 1 fully saturated rings. The summed E-state index contributed by atoms with van der Waals surface area (Å²) in [5.41, 5.74) is -0.358. The molecule has 0 bridgehead atoms. The molecule has 72 valence electrons. The second kappa shape index (κ2) is 2.84. The van der Waals surface area contributed by atoms with E-state index in [1.165, 1.54) is 6.08 Å². The zero-order chi connectivity index (χ0) is 9.47. The van der Waals surface area contributed by atoms with Crippen LogP contribution in [0.25, 0.3) is 0 Å². The number of amides is 1. The van der Waals surface area contributed by atoms with Crippen LogP contribution in [0.1, 0.15) is 32.6 Å². The second-order valence-corrected chi connectivity index (χ2v) is 4.27. The van der Waals surface area contributed by atoms with E-state index in [0.717, 1.165) is 36.7 Å². The monoisotopic (exact) mass is 181 g/mol. The maximum atomic E-state index is 11.1. The summed E-state index contributed by atoms with van der Waals surface area (Å²) >= 11 is 0. The lowest BCUT2D eigenvalue weighted by molar-refractivity contribution is -0.181. The van der Waals surface area contributed by atoms with Gasteiger partial charge in [0, 0.05) is 6.08 Å². The second-order valence-electron chi connectivity index (χ2n) is 4.27. The van der Waals surface area contributed by atoms with Crippen molar-refractivity contribution in [1.29, 1.82) is 0 Å². The normalized spacial score (nSPS) is 39.1. The number of hydrogen-bond acceptors (Lipinski definition) is 2. The lowest BCUT2D eigenvalue weighted by Crippen LogP contribution is -2.46. The van der Waals surface area contributed by atoms with Crippen molar-refractivity contribution < 1.29 is 10.0 Å².